The van der Waals surface area contributed by atoms with Crippen molar-refractivity contribution in [1.82, 2.24) is 4.90 Å². The maximum atomic E-state index is 11.6. The smallest absolute Gasteiger partial charge is 0.368 e. The summed E-state index contributed by atoms with van der Waals surface area (Å²) < 4.78 is 49.6. The SMILES string of the molecule is NC1=NC(=O)C2N=CN(COCCOP(=O)(O)OP(=O)(O)OP(=O)(O)O)C2=N1. The van der Waals surface area contributed by atoms with E-state index in [4.69, 9.17) is 25.2 Å². The zero-order valence-corrected chi connectivity index (χ0v) is 16.2. The fourth-order valence-corrected chi connectivity index (χ4v) is 4.82. The number of fused-ring (bicyclic) bond motifs is 1. The molecule has 2 aliphatic rings. The van der Waals surface area contributed by atoms with Crippen LogP contribution in [0, 0.1) is 0 Å². The molecule has 1 amide bonds. The minimum atomic E-state index is -5.57. The minimum Gasteiger partial charge on any atom is -0.368 e. The molecule has 0 fully saturated rings. The number of aliphatic imine (C=N–C) groups is 3. The molecule has 2 rings (SSSR count). The summed E-state index contributed by atoms with van der Waals surface area (Å²) >= 11 is 0. The van der Waals surface area contributed by atoms with Gasteiger partial charge < -0.3 is 30.0 Å². The fourth-order valence-electron chi connectivity index (χ4n) is 1.82. The lowest BCUT2D eigenvalue weighted by Gasteiger charge is -2.20. The van der Waals surface area contributed by atoms with Crippen molar-refractivity contribution in [2.75, 3.05) is 19.9 Å². The summed E-state index contributed by atoms with van der Waals surface area (Å²) in [7, 11) is -16.2. The second-order valence-corrected chi connectivity index (χ2v) is 9.30. The normalized spacial score (nSPS) is 23.6. The Labute approximate surface area is 156 Å². The summed E-state index contributed by atoms with van der Waals surface area (Å²) in [5, 5.41) is 0. The molecule has 20 heteroatoms. The van der Waals surface area contributed by atoms with Gasteiger partial charge in [-0.3, -0.25) is 19.2 Å². The Kier molecular flexibility index (Phi) is 7.02. The van der Waals surface area contributed by atoms with Crippen LogP contribution in [-0.2, 0) is 36.4 Å². The number of rotatable bonds is 10. The second-order valence-electron chi connectivity index (χ2n) is 4.88. The Morgan fingerprint density at radius 2 is 1.75 bits per heavy atom. The van der Waals surface area contributed by atoms with Gasteiger partial charge in [-0.2, -0.15) is 18.6 Å². The van der Waals surface area contributed by atoms with Gasteiger partial charge in [0.2, 0.25) is 5.96 Å². The third kappa shape index (κ3) is 6.92. The van der Waals surface area contributed by atoms with Crippen LogP contribution in [0.3, 0.4) is 0 Å². The topological polar surface area (TPSA) is 252 Å². The van der Waals surface area contributed by atoms with Crippen molar-refractivity contribution < 1.29 is 55.9 Å². The predicted molar refractivity (Wildman–Crippen MR) is 88.8 cm³/mol. The second kappa shape index (κ2) is 8.57. The number of phosphoric acid groups is 3. The number of phosphoric ester groups is 1. The Hall–Kier alpha value is -1.35. The van der Waals surface area contributed by atoms with Crippen molar-refractivity contribution in [2.45, 2.75) is 6.04 Å². The quantitative estimate of drug-likeness (QED) is 0.178. The molecule has 0 aromatic heterocycles. The molecular weight excluding hydrogens is 451 g/mol. The summed E-state index contributed by atoms with van der Waals surface area (Å²) in [5.74, 6) is -0.682. The van der Waals surface area contributed by atoms with Gasteiger partial charge in [-0.05, 0) is 0 Å². The first kappa shape index (κ1) is 22.9. The highest BCUT2D eigenvalue weighted by molar-refractivity contribution is 7.66. The number of nitrogens with two attached hydrogens (primary N) is 1. The monoisotopic (exact) mass is 465 g/mol. The minimum absolute atomic E-state index is 0.172. The van der Waals surface area contributed by atoms with Gasteiger partial charge >= 0.3 is 23.5 Å². The van der Waals surface area contributed by atoms with E-state index in [1.54, 1.807) is 0 Å². The summed E-state index contributed by atoms with van der Waals surface area (Å²) in [5.41, 5.74) is 5.38. The number of guanidine groups is 1. The number of carbonyl (C=O) groups excluding carboxylic acids is 1. The number of ether oxygens (including phenoxy) is 1. The maximum Gasteiger partial charge on any atom is 0.490 e. The first-order valence-electron chi connectivity index (χ1n) is 6.91. The van der Waals surface area contributed by atoms with E-state index in [1.807, 2.05) is 0 Å². The lowest BCUT2D eigenvalue weighted by atomic mass is 10.2. The lowest BCUT2D eigenvalue weighted by Crippen LogP contribution is -2.41. The Bertz CT molecular complexity index is 865. The molecule has 0 bridgehead atoms. The predicted octanol–water partition coefficient (Wildman–Crippen LogP) is -1.73. The van der Waals surface area contributed by atoms with Gasteiger partial charge in [0.15, 0.2) is 11.9 Å². The third-order valence-corrected chi connectivity index (χ3v) is 6.55. The molecule has 3 unspecified atom stereocenters. The first-order valence-corrected chi connectivity index (χ1v) is 11.4. The van der Waals surface area contributed by atoms with Crippen LogP contribution in [0.1, 0.15) is 0 Å². The average molecular weight is 465 g/mol. The number of amidine groups is 1. The van der Waals surface area contributed by atoms with Gasteiger partial charge in [0, 0.05) is 0 Å². The fraction of sp³-hybridized carbons (Fsp3) is 0.500. The van der Waals surface area contributed by atoms with E-state index >= 15 is 0 Å². The van der Waals surface area contributed by atoms with Crippen molar-refractivity contribution in [3.05, 3.63) is 0 Å². The van der Waals surface area contributed by atoms with Crippen molar-refractivity contribution in [1.29, 1.82) is 0 Å². The van der Waals surface area contributed by atoms with Crippen LogP contribution in [0.5, 0.6) is 0 Å². The van der Waals surface area contributed by atoms with Crippen molar-refractivity contribution in [2.24, 2.45) is 20.7 Å². The van der Waals surface area contributed by atoms with Crippen molar-refractivity contribution in [3.63, 3.8) is 0 Å². The van der Waals surface area contributed by atoms with E-state index in [1.165, 1.54) is 11.2 Å². The van der Waals surface area contributed by atoms with Gasteiger partial charge in [-0.15, -0.1) is 0 Å². The molecule has 2 heterocycles. The lowest BCUT2D eigenvalue weighted by molar-refractivity contribution is -0.117. The van der Waals surface area contributed by atoms with Crippen LogP contribution in [0.2, 0.25) is 0 Å². The van der Waals surface area contributed by atoms with E-state index in [0.717, 1.165) is 0 Å². The highest BCUT2D eigenvalue weighted by Crippen LogP contribution is 2.66. The van der Waals surface area contributed by atoms with Crippen LogP contribution in [-0.4, -0.2) is 74.5 Å². The molecule has 0 radical (unpaired) electrons. The molecule has 0 spiro atoms. The van der Waals surface area contributed by atoms with Gasteiger partial charge in [-0.25, -0.2) is 13.7 Å². The molecule has 0 aromatic rings. The van der Waals surface area contributed by atoms with E-state index in [0.29, 0.717) is 0 Å². The Morgan fingerprint density at radius 1 is 1.07 bits per heavy atom. The third-order valence-electron chi connectivity index (χ3n) is 2.71. The van der Waals surface area contributed by atoms with Gasteiger partial charge in [0.05, 0.1) is 19.6 Å². The Morgan fingerprint density at radius 3 is 2.39 bits per heavy atom. The number of nitrogens with zero attached hydrogens (tertiary/aromatic N) is 4. The van der Waals surface area contributed by atoms with Crippen LogP contribution in [0.4, 0.5) is 0 Å². The van der Waals surface area contributed by atoms with Crippen LogP contribution in [0.15, 0.2) is 15.0 Å². The molecule has 0 aromatic carbocycles. The van der Waals surface area contributed by atoms with Crippen LogP contribution >= 0.6 is 23.5 Å². The molecular formula is C8H14N5O12P3. The molecule has 3 atom stereocenters. The van der Waals surface area contributed by atoms with E-state index < -0.39 is 42.0 Å². The average Bonchev–Trinajstić information content (AvgIpc) is 2.86. The summed E-state index contributed by atoms with van der Waals surface area (Å²) in [6, 6.07) is -0.939. The zero-order valence-electron chi connectivity index (χ0n) is 13.5. The van der Waals surface area contributed by atoms with Gasteiger partial charge in [0.1, 0.15) is 6.73 Å². The summed E-state index contributed by atoms with van der Waals surface area (Å²) in [6.45, 7) is -1.19. The highest BCUT2D eigenvalue weighted by Gasteiger charge is 2.40. The molecule has 28 heavy (non-hydrogen) atoms. The molecule has 17 nitrogen and oxygen atoms in total. The summed E-state index contributed by atoms with van der Waals surface area (Å²) in [4.78, 5) is 59.1. The molecule has 0 saturated heterocycles. The Balaban J connectivity index is 1.76. The highest BCUT2D eigenvalue weighted by atomic mass is 31.3. The molecule has 158 valence electrons. The van der Waals surface area contributed by atoms with E-state index in [-0.39, 0.29) is 25.1 Å². The number of amides is 1. The molecule has 6 N–H and O–H groups in total. The standard InChI is InChI=1S/C8H14N5O12P3/c9-8-11-6-5(7(14)12-8)10-3-13(6)4-22-1-2-23-27(18,19)25-28(20,21)24-26(15,16)17/h3,5H,1-2,4H2,(H,18,19)(H,20,21)(H2,9,12,14)(H2,15,16,17). The maximum absolute atomic E-state index is 11.6. The van der Waals surface area contributed by atoms with E-state index in [2.05, 4.69) is 28.1 Å². The summed E-state index contributed by atoms with van der Waals surface area (Å²) in [6.07, 6.45) is 1.25. The zero-order chi connectivity index (χ0) is 21.2. The number of hydrogen-bond donors (Lipinski definition) is 5. The van der Waals surface area contributed by atoms with Crippen molar-refractivity contribution in [3.8, 4) is 0 Å². The molecule has 0 aliphatic carbocycles. The van der Waals surface area contributed by atoms with Gasteiger partial charge in [-0.1, -0.05) is 0 Å². The van der Waals surface area contributed by atoms with Crippen molar-refractivity contribution >= 4 is 47.5 Å². The molecule has 2 aliphatic heterocycles. The molecule has 0 saturated carbocycles. The van der Waals surface area contributed by atoms with Gasteiger partial charge in [0.25, 0.3) is 5.91 Å². The largest absolute Gasteiger partial charge is 0.490 e. The van der Waals surface area contributed by atoms with E-state index in [9.17, 15) is 23.4 Å². The van der Waals surface area contributed by atoms with Crippen LogP contribution in [0.25, 0.3) is 0 Å². The van der Waals surface area contributed by atoms with Crippen LogP contribution < -0.4 is 5.73 Å². The first-order chi connectivity index (χ1) is 12.8. The number of hydrogen-bond acceptors (Lipinski definition) is 12. The number of carbonyl (C=O) groups is 1.